The smallest absolute Gasteiger partial charge is 0.0442 e. The molecule has 3 heteroatoms. The second-order valence-corrected chi connectivity index (χ2v) is 5.46. The molecule has 1 heterocycles. The van der Waals surface area contributed by atoms with Crippen LogP contribution in [-0.4, -0.2) is 24.6 Å². The van der Waals surface area contributed by atoms with Gasteiger partial charge in [0.1, 0.15) is 0 Å². The molecule has 108 valence electrons. The van der Waals surface area contributed by atoms with Crippen LogP contribution in [0.25, 0.3) is 0 Å². The predicted octanol–water partition coefficient (Wildman–Crippen LogP) is 3.45. The molecule has 0 bridgehead atoms. The molecule has 0 aliphatic heterocycles. The maximum atomic E-state index is 4.27. The molecule has 1 aromatic rings. The zero-order chi connectivity index (χ0) is 14.1. The lowest BCUT2D eigenvalue weighted by atomic mass is 10.1. The lowest BCUT2D eigenvalue weighted by molar-refractivity contribution is 0.551. The summed E-state index contributed by atoms with van der Waals surface area (Å²) in [6.45, 7) is 13.1. The number of aromatic nitrogens is 1. The summed E-state index contributed by atoms with van der Waals surface area (Å²) in [4.78, 5) is 6.73. The largest absolute Gasteiger partial charge is 0.371 e. The van der Waals surface area contributed by atoms with Gasteiger partial charge in [0.15, 0.2) is 0 Å². The highest BCUT2D eigenvalue weighted by atomic mass is 15.1. The monoisotopic (exact) mass is 263 g/mol. The van der Waals surface area contributed by atoms with Gasteiger partial charge in [-0.05, 0) is 31.9 Å². The van der Waals surface area contributed by atoms with E-state index >= 15 is 0 Å². The van der Waals surface area contributed by atoms with Crippen LogP contribution in [0.1, 0.15) is 46.1 Å². The minimum atomic E-state index is 0.683. The molecular formula is C16H29N3. The molecule has 0 aliphatic rings. The molecule has 0 radical (unpaired) electrons. The van der Waals surface area contributed by atoms with E-state index in [0.717, 1.165) is 26.2 Å². The van der Waals surface area contributed by atoms with Gasteiger partial charge in [0.25, 0.3) is 0 Å². The molecule has 0 unspecified atom stereocenters. The van der Waals surface area contributed by atoms with Crippen molar-refractivity contribution < 1.29 is 0 Å². The SMILES string of the molecule is CCCCN(CC)c1ccncc1CNCC(C)C. The molecule has 1 rings (SSSR count). The van der Waals surface area contributed by atoms with Gasteiger partial charge in [-0.1, -0.05) is 27.2 Å². The van der Waals surface area contributed by atoms with Gasteiger partial charge in [0.2, 0.25) is 0 Å². The van der Waals surface area contributed by atoms with Gasteiger partial charge in [-0.2, -0.15) is 0 Å². The van der Waals surface area contributed by atoms with Crippen LogP contribution in [0, 0.1) is 5.92 Å². The Balaban J connectivity index is 2.69. The fourth-order valence-corrected chi connectivity index (χ4v) is 2.16. The summed E-state index contributed by atoms with van der Waals surface area (Å²) in [5.74, 6) is 0.683. The van der Waals surface area contributed by atoms with Crippen molar-refractivity contribution in [2.75, 3.05) is 24.5 Å². The zero-order valence-corrected chi connectivity index (χ0v) is 12.9. The van der Waals surface area contributed by atoms with Gasteiger partial charge < -0.3 is 10.2 Å². The molecular weight excluding hydrogens is 234 g/mol. The van der Waals surface area contributed by atoms with E-state index in [9.17, 15) is 0 Å². The van der Waals surface area contributed by atoms with Crippen LogP contribution in [0.2, 0.25) is 0 Å². The van der Waals surface area contributed by atoms with Gasteiger partial charge in [0.05, 0.1) is 0 Å². The third-order valence-corrected chi connectivity index (χ3v) is 3.25. The van der Waals surface area contributed by atoms with Crippen molar-refractivity contribution in [3.05, 3.63) is 24.0 Å². The first-order chi connectivity index (χ1) is 9.19. The van der Waals surface area contributed by atoms with Crippen molar-refractivity contribution in [1.29, 1.82) is 0 Å². The fraction of sp³-hybridized carbons (Fsp3) is 0.688. The Morgan fingerprint density at radius 3 is 2.74 bits per heavy atom. The van der Waals surface area contributed by atoms with Gasteiger partial charge in [-0.15, -0.1) is 0 Å². The highest BCUT2D eigenvalue weighted by Gasteiger charge is 2.09. The van der Waals surface area contributed by atoms with E-state index in [1.165, 1.54) is 24.1 Å². The van der Waals surface area contributed by atoms with Crippen molar-refractivity contribution >= 4 is 5.69 Å². The Labute approximate surface area is 118 Å². The first-order valence-corrected chi connectivity index (χ1v) is 7.57. The quantitative estimate of drug-likeness (QED) is 0.739. The molecule has 1 N–H and O–H groups in total. The van der Waals surface area contributed by atoms with Gasteiger partial charge >= 0.3 is 0 Å². The summed E-state index contributed by atoms with van der Waals surface area (Å²) in [5.41, 5.74) is 2.64. The standard InChI is InChI=1S/C16H29N3/c1-5-7-10-19(6-2)16-8-9-17-12-15(16)13-18-11-14(3)4/h8-9,12,14,18H,5-7,10-11,13H2,1-4H3. The molecule has 0 amide bonds. The van der Waals surface area contributed by atoms with Crippen LogP contribution in [0.3, 0.4) is 0 Å². The van der Waals surface area contributed by atoms with Gasteiger partial charge in [-0.3, -0.25) is 4.98 Å². The van der Waals surface area contributed by atoms with E-state index in [0.29, 0.717) is 5.92 Å². The lowest BCUT2D eigenvalue weighted by Gasteiger charge is -2.25. The molecule has 0 aliphatic carbocycles. The van der Waals surface area contributed by atoms with E-state index < -0.39 is 0 Å². The molecule has 0 fully saturated rings. The first kappa shape index (κ1) is 16.0. The summed E-state index contributed by atoms with van der Waals surface area (Å²) >= 11 is 0. The predicted molar refractivity (Wildman–Crippen MR) is 83.6 cm³/mol. The molecule has 0 saturated carbocycles. The number of anilines is 1. The van der Waals surface area contributed by atoms with Crippen LogP contribution in [0.4, 0.5) is 5.69 Å². The number of rotatable bonds is 9. The molecule has 0 saturated heterocycles. The van der Waals surface area contributed by atoms with Crippen LogP contribution < -0.4 is 10.2 Å². The van der Waals surface area contributed by atoms with E-state index in [2.05, 4.69) is 49.0 Å². The average molecular weight is 263 g/mol. The second kappa shape index (κ2) is 8.92. The Morgan fingerprint density at radius 2 is 2.11 bits per heavy atom. The van der Waals surface area contributed by atoms with Gasteiger partial charge in [0, 0.05) is 43.3 Å². The zero-order valence-electron chi connectivity index (χ0n) is 12.9. The summed E-state index contributed by atoms with van der Waals surface area (Å²) < 4.78 is 0. The molecule has 19 heavy (non-hydrogen) atoms. The number of hydrogen-bond acceptors (Lipinski definition) is 3. The summed E-state index contributed by atoms with van der Waals surface area (Å²) in [6, 6.07) is 2.14. The van der Waals surface area contributed by atoms with E-state index in [4.69, 9.17) is 0 Å². The Kier molecular flexibility index (Phi) is 7.49. The van der Waals surface area contributed by atoms with Crippen LogP contribution >= 0.6 is 0 Å². The highest BCUT2D eigenvalue weighted by Crippen LogP contribution is 2.19. The summed E-state index contributed by atoms with van der Waals surface area (Å²) in [7, 11) is 0. The molecule has 0 spiro atoms. The third-order valence-electron chi connectivity index (χ3n) is 3.25. The van der Waals surface area contributed by atoms with Crippen LogP contribution in [0.5, 0.6) is 0 Å². The van der Waals surface area contributed by atoms with E-state index in [-0.39, 0.29) is 0 Å². The minimum absolute atomic E-state index is 0.683. The number of nitrogens with one attached hydrogen (secondary N) is 1. The van der Waals surface area contributed by atoms with Crippen molar-refractivity contribution in [3.8, 4) is 0 Å². The van der Waals surface area contributed by atoms with Crippen molar-refractivity contribution in [3.63, 3.8) is 0 Å². The highest BCUT2D eigenvalue weighted by molar-refractivity contribution is 5.52. The normalized spacial score (nSPS) is 11.0. The van der Waals surface area contributed by atoms with Crippen molar-refractivity contribution in [2.24, 2.45) is 5.92 Å². The third kappa shape index (κ3) is 5.60. The van der Waals surface area contributed by atoms with Crippen LogP contribution in [-0.2, 0) is 6.54 Å². The van der Waals surface area contributed by atoms with Crippen molar-refractivity contribution in [1.82, 2.24) is 10.3 Å². The Hall–Kier alpha value is -1.09. The number of pyridine rings is 1. The molecule has 3 nitrogen and oxygen atoms in total. The average Bonchev–Trinajstić information content (AvgIpc) is 2.40. The maximum absolute atomic E-state index is 4.27. The molecule has 0 aromatic carbocycles. The topological polar surface area (TPSA) is 28.2 Å². The first-order valence-electron chi connectivity index (χ1n) is 7.57. The second-order valence-electron chi connectivity index (χ2n) is 5.46. The number of hydrogen-bond donors (Lipinski definition) is 1. The van der Waals surface area contributed by atoms with Crippen LogP contribution in [0.15, 0.2) is 18.5 Å². The maximum Gasteiger partial charge on any atom is 0.0442 e. The Morgan fingerprint density at radius 1 is 1.32 bits per heavy atom. The summed E-state index contributed by atoms with van der Waals surface area (Å²) in [6.07, 6.45) is 6.38. The lowest BCUT2D eigenvalue weighted by Crippen LogP contribution is -2.27. The van der Waals surface area contributed by atoms with E-state index in [1.807, 2.05) is 12.4 Å². The number of unbranched alkanes of at least 4 members (excludes halogenated alkanes) is 1. The number of nitrogens with zero attached hydrogens (tertiary/aromatic N) is 2. The summed E-state index contributed by atoms with van der Waals surface area (Å²) in [5, 5.41) is 3.51. The fourth-order valence-electron chi connectivity index (χ4n) is 2.16. The van der Waals surface area contributed by atoms with Crippen molar-refractivity contribution in [2.45, 2.75) is 47.1 Å². The molecule has 1 aromatic heterocycles. The minimum Gasteiger partial charge on any atom is -0.371 e. The van der Waals surface area contributed by atoms with Gasteiger partial charge in [-0.25, -0.2) is 0 Å². The van der Waals surface area contributed by atoms with E-state index in [1.54, 1.807) is 0 Å². The molecule has 0 atom stereocenters. The Bertz CT molecular complexity index is 350.